The first-order valence-electron chi connectivity index (χ1n) is 13.4. The second-order valence-corrected chi connectivity index (χ2v) is 17.4. The Bertz CT molecular complexity index is 1220. The van der Waals surface area contributed by atoms with Crippen LogP contribution in [0, 0.1) is 6.92 Å². The molecule has 38 heavy (non-hydrogen) atoms. The van der Waals surface area contributed by atoms with E-state index in [0.29, 0.717) is 35.4 Å². The molecule has 1 N–H and O–H groups in total. The number of benzene rings is 2. The van der Waals surface area contributed by atoms with Crippen LogP contribution in [-0.2, 0) is 27.8 Å². The van der Waals surface area contributed by atoms with Crippen molar-refractivity contribution in [2.45, 2.75) is 76.8 Å². The number of nitrogens with one attached hydrogen (secondary N) is 1. The Morgan fingerprint density at radius 3 is 2.42 bits per heavy atom. The fourth-order valence-corrected chi connectivity index (χ4v) is 5.85. The van der Waals surface area contributed by atoms with Crippen molar-refractivity contribution in [3.8, 4) is 0 Å². The van der Waals surface area contributed by atoms with Gasteiger partial charge in [-0.05, 0) is 57.5 Å². The van der Waals surface area contributed by atoms with E-state index in [-0.39, 0.29) is 12.1 Å². The van der Waals surface area contributed by atoms with Gasteiger partial charge in [0.05, 0.1) is 23.8 Å². The van der Waals surface area contributed by atoms with Crippen LogP contribution in [0.25, 0.3) is 10.9 Å². The summed E-state index contributed by atoms with van der Waals surface area (Å²) in [6.45, 7) is 13.5. The number of piperidine rings is 1. The van der Waals surface area contributed by atoms with Crippen molar-refractivity contribution in [2.75, 3.05) is 26.3 Å². The minimum Gasteiger partial charge on any atom is -0.373 e. The maximum atomic E-state index is 13.9. The number of aryl methyl sites for hydroxylation is 1. The molecule has 0 saturated carbocycles. The predicted molar refractivity (Wildman–Crippen MR) is 148 cm³/mol. The van der Waals surface area contributed by atoms with Crippen LogP contribution in [0.5, 0.6) is 0 Å². The third-order valence-electron chi connectivity index (χ3n) is 7.67. The molecule has 9 heteroatoms. The van der Waals surface area contributed by atoms with Gasteiger partial charge in [0, 0.05) is 28.7 Å². The lowest BCUT2D eigenvalue weighted by molar-refractivity contribution is -0.137. The normalized spacial score (nSPS) is 17.2. The molecular weight excluding hydrogens is 507 g/mol. The zero-order valence-corrected chi connectivity index (χ0v) is 24.1. The third kappa shape index (κ3) is 6.68. The molecule has 0 amide bonds. The number of ether oxygens (including phenoxy) is 2. The Morgan fingerprint density at radius 1 is 1.11 bits per heavy atom. The van der Waals surface area contributed by atoms with Crippen LogP contribution in [0.4, 0.5) is 13.2 Å². The molecule has 1 fully saturated rings. The standard InChI is InChI=1S/C29H40F3N3O2Si/c1-21-25-17-24(29(30,31)32)18-26(27(25)34-35(21)20-36-15-16-38(3,4)5)22(2)37-19-28(11-13-33-14-12-28)23-9-7-6-8-10-23/h6-10,17-18,22,33H,11-16,19-20H2,1-5H3/q-1. The van der Waals surface area contributed by atoms with Crippen molar-refractivity contribution in [3.63, 3.8) is 0 Å². The number of halogens is 3. The highest BCUT2D eigenvalue weighted by Crippen LogP contribution is 2.39. The largest absolute Gasteiger partial charge is 0.416 e. The summed E-state index contributed by atoms with van der Waals surface area (Å²) in [7, 11) is -1.25. The van der Waals surface area contributed by atoms with Gasteiger partial charge >= 0.3 is 6.18 Å². The topological polar surface area (TPSA) is 48.3 Å². The Labute approximate surface area is 224 Å². The van der Waals surface area contributed by atoms with E-state index in [1.54, 1.807) is 11.6 Å². The minimum absolute atomic E-state index is 0.180. The molecule has 1 aromatic heterocycles. The number of hydrogen-bond donors (Lipinski definition) is 1. The van der Waals surface area contributed by atoms with Gasteiger partial charge in [0.2, 0.25) is 0 Å². The Morgan fingerprint density at radius 2 is 1.79 bits per heavy atom. The molecule has 2 aromatic carbocycles. The summed E-state index contributed by atoms with van der Waals surface area (Å²) >= 11 is 0. The van der Waals surface area contributed by atoms with Crippen molar-refractivity contribution < 1.29 is 22.6 Å². The van der Waals surface area contributed by atoms with E-state index in [1.165, 1.54) is 17.7 Å². The lowest BCUT2D eigenvalue weighted by Gasteiger charge is -2.38. The van der Waals surface area contributed by atoms with E-state index in [2.05, 4.69) is 37.1 Å². The van der Waals surface area contributed by atoms with E-state index in [0.717, 1.165) is 32.0 Å². The SMILES string of the molecule is Cc1c2cc(C(F)(F)F)cc(C(C)OCC3(c4ccccc4)CCNCC3)c2nn1COCC[Si-](C)(C)C. The minimum atomic E-state index is -4.47. The molecule has 4 rings (SSSR count). The molecule has 0 radical (unpaired) electrons. The summed E-state index contributed by atoms with van der Waals surface area (Å²) in [5.41, 5.74) is 2.00. The van der Waals surface area contributed by atoms with Crippen molar-refractivity contribution >= 4 is 19.0 Å². The van der Waals surface area contributed by atoms with E-state index in [1.807, 2.05) is 25.1 Å². The maximum Gasteiger partial charge on any atom is 0.416 e. The van der Waals surface area contributed by atoms with Crippen molar-refractivity contribution in [3.05, 3.63) is 64.8 Å². The fraction of sp³-hybridized carbons (Fsp3) is 0.552. The molecule has 5 nitrogen and oxygen atoms in total. The molecule has 0 spiro atoms. The van der Waals surface area contributed by atoms with Crippen LogP contribution in [0.15, 0.2) is 42.5 Å². The molecule has 1 saturated heterocycles. The quantitative estimate of drug-likeness (QED) is 0.218. The van der Waals surface area contributed by atoms with Crippen molar-refractivity contribution in [2.24, 2.45) is 0 Å². The van der Waals surface area contributed by atoms with Crippen LogP contribution >= 0.6 is 0 Å². The molecule has 0 aliphatic carbocycles. The highest BCUT2D eigenvalue weighted by molar-refractivity contribution is 6.76. The van der Waals surface area contributed by atoms with Gasteiger partial charge in [0.1, 0.15) is 6.73 Å². The molecule has 1 atom stereocenters. The second kappa shape index (κ2) is 11.5. The van der Waals surface area contributed by atoms with Crippen molar-refractivity contribution in [1.29, 1.82) is 0 Å². The summed E-state index contributed by atoms with van der Waals surface area (Å²) in [6.07, 6.45) is -3.22. The Balaban J connectivity index is 1.62. The van der Waals surface area contributed by atoms with E-state index in [4.69, 9.17) is 14.6 Å². The Kier molecular flexibility index (Phi) is 8.71. The molecule has 0 bridgehead atoms. The first kappa shape index (κ1) is 28.8. The van der Waals surface area contributed by atoms with Gasteiger partial charge in [-0.2, -0.15) is 37.9 Å². The summed E-state index contributed by atoms with van der Waals surface area (Å²) in [5.74, 6) is 0. The summed E-state index contributed by atoms with van der Waals surface area (Å²) in [5, 5.41) is 8.60. The molecule has 209 valence electrons. The van der Waals surface area contributed by atoms with Gasteiger partial charge in [-0.25, -0.2) is 4.68 Å². The van der Waals surface area contributed by atoms with Crippen LogP contribution in [-0.4, -0.2) is 44.2 Å². The second-order valence-electron chi connectivity index (χ2n) is 11.7. The average Bonchev–Trinajstić information content (AvgIpc) is 3.20. The Hall–Kier alpha value is -2.20. The molecular formula is C29H40F3N3O2Si-. The van der Waals surface area contributed by atoms with Gasteiger partial charge in [-0.1, -0.05) is 30.3 Å². The van der Waals surface area contributed by atoms with Crippen LogP contribution in [0.3, 0.4) is 0 Å². The van der Waals surface area contributed by atoms with Gasteiger partial charge in [0.25, 0.3) is 0 Å². The number of nitrogens with zero attached hydrogens (tertiary/aromatic N) is 2. The lowest BCUT2D eigenvalue weighted by Crippen LogP contribution is -2.43. The van der Waals surface area contributed by atoms with Gasteiger partial charge in [0.15, 0.2) is 0 Å². The number of alkyl halides is 3. The fourth-order valence-electron chi connectivity index (χ4n) is 5.10. The first-order chi connectivity index (χ1) is 17.9. The zero-order chi connectivity index (χ0) is 27.6. The smallest absolute Gasteiger partial charge is 0.373 e. The predicted octanol–water partition coefficient (Wildman–Crippen LogP) is 7.07. The monoisotopic (exact) mass is 547 g/mol. The highest BCUT2D eigenvalue weighted by atomic mass is 28.3. The van der Waals surface area contributed by atoms with E-state index in [9.17, 15) is 13.2 Å². The number of hydrogen-bond acceptors (Lipinski definition) is 4. The van der Waals surface area contributed by atoms with Gasteiger partial charge in [-0.3, -0.25) is 0 Å². The highest BCUT2D eigenvalue weighted by Gasteiger charge is 2.36. The van der Waals surface area contributed by atoms with Crippen molar-refractivity contribution in [1.82, 2.24) is 15.1 Å². The number of aromatic nitrogens is 2. The molecule has 1 aliphatic rings. The number of rotatable bonds is 10. The van der Waals surface area contributed by atoms with E-state index < -0.39 is 25.9 Å². The summed E-state index contributed by atoms with van der Waals surface area (Å²) in [6, 6.07) is 13.7. The van der Waals surface area contributed by atoms with Crippen LogP contribution in [0.1, 0.15) is 48.3 Å². The van der Waals surface area contributed by atoms with E-state index >= 15 is 0 Å². The summed E-state index contributed by atoms with van der Waals surface area (Å²) in [4.78, 5) is 0. The molecule has 2 heterocycles. The van der Waals surface area contributed by atoms with Gasteiger partial charge < -0.3 is 14.8 Å². The zero-order valence-electron chi connectivity index (χ0n) is 23.1. The third-order valence-corrected chi connectivity index (χ3v) is 9.37. The van der Waals surface area contributed by atoms with Crippen LogP contribution < -0.4 is 5.32 Å². The first-order valence-corrected chi connectivity index (χ1v) is 17.1. The molecule has 3 aromatic rings. The number of fused-ring (bicyclic) bond motifs is 1. The molecule has 1 aliphatic heterocycles. The molecule has 1 unspecified atom stereocenters. The van der Waals surface area contributed by atoms with Crippen LogP contribution in [0.2, 0.25) is 25.7 Å². The lowest BCUT2D eigenvalue weighted by atomic mass is 9.74. The average molecular weight is 548 g/mol. The summed E-state index contributed by atoms with van der Waals surface area (Å²) < 4.78 is 55.7. The van der Waals surface area contributed by atoms with Gasteiger partial charge in [-0.15, -0.1) is 14.1 Å². The maximum absolute atomic E-state index is 13.9.